The first kappa shape index (κ1) is 16.2. The summed E-state index contributed by atoms with van der Waals surface area (Å²) in [6.07, 6.45) is 1.56. The number of benzene rings is 1. The summed E-state index contributed by atoms with van der Waals surface area (Å²) in [7, 11) is 0. The molecule has 0 unspecified atom stereocenters. The Labute approximate surface area is 133 Å². The number of hydrogen-bond donors (Lipinski definition) is 2. The molecule has 1 aromatic heterocycles. The van der Waals surface area contributed by atoms with Gasteiger partial charge < -0.3 is 20.2 Å². The SMILES string of the molecule is Cc1cc(CCCOc2cc(C)c(/C(N)=N/O)c(Cl)c2)on1. The van der Waals surface area contributed by atoms with E-state index < -0.39 is 0 Å². The fraction of sp³-hybridized carbons (Fsp3) is 0.333. The molecular formula is C15H18ClN3O3. The van der Waals surface area contributed by atoms with Gasteiger partial charge in [-0.15, -0.1) is 0 Å². The van der Waals surface area contributed by atoms with Crippen LogP contribution in [0.3, 0.4) is 0 Å². The predicted octanol–water partition coefficient (Wildman–Crippen LogP) is 3.05. The van der Waals surface area contributed by atoms with E-state index in [-0.39, 0.29) is 5.84 Å². The van der Waals surface area contributed by atoms with Crippen LogP contribution in [0.15, 0.2) is 27.9 Å². The van der Waals surface area contributed by atoms with Gasteiger partial charge in [0, 0.05) is 18.1 Å². The standard InChI is InChI=1S/C15H18ClN3O3/c1-9-6-12(8-13(16)14(9)15(17)18-20)21-5-3-4-11-7-10(2)19-22-11/h6-8,20H,3-5H2,1-2H3,(H2,17,18). The quantitative estimate of drug-likeness (QED) is 0.280. The number of nitrogens with zero attached hydrogens (tertiary/aromatic N) is 2. The minimum atomic E-state index is -0.0188. The Morgan fingerprint density at radius 1 is 1.41 bits per heavy atom. The second kappa shape index (κ2) is 7.17. The monoisotopic (exact) mass is 323 g/mol. The van der Waals surface area contributed by atoms with Crippen molar-refractivity contribution in [1.82, 2.24) is 5.16 Å². The second-order valence-corrected chi connectivity index (χ2v) is 5.38. The lowest BCUT2D eigenvalue weighted by Crippen LogP contribution is -2.15. The molecule has 1 heterocycles. The zero-order valence-electron chi connectivity index (χ0n) is 12.5. The summed E-state index contributed by atoms with van der Waals surface area (Å²) in [6.45, 7) is 4.24. The summed E-state index contributed by atoms with van der Waals surface area (Å²) in [4.78, 5) is 0. The third kappa shape index (κ3) is 3.92. The second-order valence-electron chi connectivity index (χ2n) is 4.97. The predicted molar refractivity (Wildman–Crippen MR) is 83.8 cm³/mol. The number of rotatable bonds is 6. The van der Waals surface area contributed by atoms with Crippen molar-refractivity contribution in [3.8, 4) is 5.75 Å². The fourth-order valence-corrected chi connectivity index (χ4v) is 2.49. The van der Waals surface area contributed by atoms with Gasteiger partial charge in [-0.3, -0.25) is 0 Å². The molecule has 0 fully saturated rings. The van der Waals surface area contributed by atoms with Crippen LogP contribution in [0.4, 0.5) is 0 Å². The molecule has 2 aromatic rings. The van der Waals surface area contributed by atoms with Crippen molar-refractivity contribution >= 4 is 17.4 Å². The van der Waals surface area contributed by atoms with Crippen LogP contribution >= 0.6 is 11.6 Å². The van der Waals surface area contributed by atoms with Crippen LogP contribution < -0.4 is 10.5 Å². The highest BCUT2D eigenvalue weighted by Gasteiger charge is 2.11. The molecule has 6 nitrogen and oxygen atoms in total. The van der Waals surface area contributed by atoms with Crippen molar-refractivity contribution in [1.29, 1.82) is 0 Å². The Kier molecular flexibility index (Phi) is 5.27. The topological polar surface area (TPSA) is 93.9 Å². The number of hydrogen-bond acceptors (Lipinski definition) is 5. The zero-order valence-corrected chi connectivity index (χ0v) is 13.2. The minimum Gasteiger partial charge on any atom is -0.494 e. The van der Waals surface area contributed by atoms with Crippen LogP contribution in [0.5, 0.6) is 5.75 Å². The maximum Gasteiger partial charge on any atom is 0.171 e. The van der Waals surface area contributed by atoms with Crippen LogP contribution in [0, 0.1) is 13.8 Å². The maximum atomic E-state index is 8.75. The highest BCUT2D eigenvalue weighted by molar-refractivity contribution is 6.34. The number of oxime groups is 1. The van der Waals surface area contributed by atoms with E-state index in [1.165, 1.54) is 0 Å². The zero-order chi connectivity index (χ0) is 16.1. The summed E-state index contributed by atoms with van der Waals surface area (Å²) in [5, 5.41) is 15.9. The van der Waals surface area contributed by atoms with E-state index in [0.717, 1.165) is 29.9 Å². The molecule has 22 heavy (non-hydrogen) atoms. The molecule has 0 spiro atoms. The number of amidine groups is 1. The van der Waals surface area contributed by atoms with E-state index in [2.05, 4.69) is 10.3 Å². The first-order chi connectivity index (χ1) is 10.5. The molecule has 0 amide bonds. The third-order valence-electron chi connectivity index (χ3n) is 3.14. The van der Waals surface area contributed by atoms with Crippen LogP contribution in [-0.4, -0.2) is 22.8 Å². The Morgan fingerprint density at radius 2 is 2.18 bits per heavy atom. The van der Waals surface area contributed by atoms with Crippen molar-refractivity contribution in [3.05, 3.63) is 45.8 Å². The average molecular weight is 324 g/mol. The van der Waals surface area contributed by atoms with Gasteiger partial charge >= 0.3 is 0 Å². The van der Waals surface area contributed by atoms with Gasteiger partial charge in [0.2, 0.25) is 0 Å². The molecule has 1 aromatic carbocycles. The van der Waals surface area contributed by atoms with E-state index in [9.17, 15) is 0 Å². The van der Waals surface area contributed by atoms with Crippen molar-refractivity contribution in [3.63, 3.8) is 0 Å². The summed E-state index contributed by atoms with van der Waals surface area (Å²) < 4.78 is 10.8. The Morgan fingerprint density at radius 3 is 2.77 bits per heavy atom. The summed E-state index contributed by atoms with van der Waals surface area (Å²) in [5.41, 5.74) is 7.75. The highest BCUT2D eigenvalue weighted by atomic mass is 35.5. The van der Waals surface area contributed by atoms with E-state index in [0.29, 0.717) is 22.9 Å². The Bertz CT molecular complexity index is 659. The molecule has 2 rings (SSSR count). The first-order valence-corrected chi connectivity index (χ1v) is 7.22. The van der Waals surface area contributed by atoms with Crippen LogP contribution in [0.25, 0.3) is 0 Å². The lowest BCUT2D eigenvalue weighted by Gasteiger charge is -2.11. The summed E-state index contributed by atoms with van der Waals surface area (Å²) >= 11 is 6.14. The first-order valence-electron chi connectivity index (χ1n) is 6.84. The molecule has 0 atom stereocenters. The van der Waals surface area contributed by atoms with Gasteiger partial charge in [-0.1, -0.05) is 21.9 Å². The molecule has 0 aliphatic heterocycles. The molecule has 0 saturated heterocycles. The number of nitrogens with two attached hydrogens (primary N) is 1. The van der Waals surface area contributed by atoms with Gasteiger partial charge in [0.1, 0.15) is 11.5 Å². The van der Waals surface area contributed by atoms with Gasteiger partial charge in [-0.25, -0.2) is 0 Å². The average Bonchev–Trinajstić information content (AvgIpc) is 2.88. The molecular weight excluding hydrogens is 306 g/mol. The lowest BCUT2D eigenvalue weighted by atomic mass is 10.1. The maximum absolute atomic E-state index is 8.75. The van der Waals surface area contributed by atoms with Crippen LogP contribution in [0.2, 0.25) is 5.02 Å². The van der Waals surface area contributed by atoms with Crippen LogP contribution in [0.1, 0.15) is 29.0 Å². The van der Waals surface area contributed by atoms with Gasteiger partial charge in [-0.05, 0) is 38.0 Å². The lowest BCUT2D eigenvalue weighted by molar-refractivity contribution is 0.299. The van der Waals surface area contributed by atoms with Gasteiger partial charge in [0.15, 0.2) is 5.84 Å². The van der Waals surface area contributed by atoms with E-state index in [4.69, 9.17) is 31.8 Å². The third-order valence-corrected chi connectivity index (χ3v) is 3.44. The molecule has 7 heteroatoms. The number of aryl methyl sites for hydroxylation is 3. The van der Waals surface area contributed by atoms with Crippen molar-refractivity contribution in [2.24, 2.45) is 10.9 Å². The van der Waals surface area contributed by atoms with Gasteiger partial charge in [0.05, 0.1) is 17.3 Å². The van der Waals surface area contributed by atoms with Gasteiger partial charge in [-0.2, -0.15) is 0 Å². The molecule has 0 aliphatic rings. The van der Waals surface area contributed by atoms with Gasteiger partial charge in [0.25, 0.3) is 0 Å². The highest BCUT2D eigenvalue weighted by Crippen LogP contribution is 2.26. The van der Waals surface area contributed by atoms with E-state index in [1.807, 2.05) is 19.9 Å². The van der Waals surface area contributed by atoms with Crippen molar-refractivity contribution in [2.75, 3.05) is 6.61 Å². The molecule has 0 aliphatic carbocycles. The fourth-order valence-electron chi connectivity index (χ4n) is 2.14. The molecule has 0 bridgehead atoms. The number of halogens is 1. The molecule has 118 valence electrons. The molecule has 0 saturated carbocycles. The number of ether oxygens (including phenoxy) is 1. The smallest absolute Gasteiger partial charge is 0.171 e. The summed E-state index contributed by atoms with van der Waals surface area (Å²) in [6, 6.07) is 5.37. The van der Waals surface area contributed by atoms with E-state index >= 15 is 0 Å². The molecule has 3 N–H and O–H groups in total. The Hall–Kier alpha value is -2.21. The largest absolute Gasteiger partial charge is 0.494 e. The molecule has 0 radical (unpaired) electrons. The van der Waals surface area contributed by atoms with Crippen molar-refractivity contribution in [2.45, 2.75) is 26.7 Å². The van der Waals surface area contributed by atoms with Crippen molar-refractivity contribution < 1.29 is 14.5 Å². The summed E-state index contributed by atoms with van der Waals surface area (Å²) in [5.74, 6) is 1.47. The Balaban J connectivity index is 1.93. The van der Waals surface area contributed by atoms with E-state index in [1.54, 1.807) is 12.1 Å². The van der Waals surface area contributed by atoms with Crippen LogP contribution in [-0.2, 0) is 6.42 Å². The minimum absolute atomic E-state index is 0.0188. The number of aromatic nitrogens is 1. The normalized spacial score (nSPS) is 11.7.